The Bertz CT molecular complexity index is 465. The Morgan fingerprint density at radius 3 is 2.39 bits per heavy atom. The van der Waals surface area contributed by atoms with Gasteiger partial charge in [-0.1, -0.05) is 37.3 Å². The van der Waals surface area contributed by atoms with E-state index in [0.29, 0.717) is 0 Å². The van der Waals surface area contributed by atoms with E-state index in [4.69, 9.17) is 0 Å². The number of benzene rings is 1. The molecule has 0 bridgehead atoms. The van der Waals surface area contributed by atoms with E-state index in [1.165, 1.54) is 5.56 Å². The summed E-state index contributed by atoms with van der Waals surface area (Å²) >= 11 is 0. The molecule has 18 heavy (non-hydrogen) atoms. The first-order chi connectivity index (χ1) is 8.79. The lowest BCUT2D eigenvalue weighted by Crippen LogP contribution is -2.24. The number of rotatable bonds is 5. The third-order valence-electron chi connectivity index (χ3n) is 2.85. The zero-order valence-corrected chi connectivity index (χ0v) is 10.9. The fraction of sp³-hybridized carbons (Fsp3) is 0.333. The van der Waals surface area contributed by atoms with Crippen LogP contribution in [0, 0.1) is 6.92 Å². The van der Waals surface area contributed by atoms with Crippen LogP contribution in [0.1, 0.15) is 29.9 Å². The molecule has 0 saturated heterocycles. The molecule has 0 aliphatic heterocycles. The molecule has 2 rings (SSSR count). The summed E-state index contributed by atoms with van der Waals surface area (Å²) in [5, 5.41) is 3.44. The minimum Gasteiger partial charge on any atom is -0.307 e. The molecule has 0 spiro atoms. The molecule has 1 unspecified atom stereocenters. The largest absolute Gasteiger partial charge is 0.307 e. The molecule has 2 aromatic rings. The van der Waals surface area contributed by atoms with E-state index in [1.807, 2.05) is 25.4 Å². The van der Waals surface area contributed by atoms with E-state index in [0.717, 1.165) is 24.4 Å². The van der Waals surface area contributed by atoms with Crippen LogP contribution in [0.3, 0.4) is 0 Å². The quantitative estimate of drug-likeness (QED) is 0.874. The van der Waals surface area contributed by atoms with Crippen molar-refractivity contribution in [1.82, 2.24) is 15.3 Å². The Balaban J connectivity index is 2.15. The van der Waals surface area contributed by atoms with Crippen LogP contribution in [-0.2, 0) is 6.42 Å². The second-order valence-electron chi connectivity index (χ2n) is 4.42. The maximum atomic E-state index is 4.42. The first-order valence-corrected chi connectivity index (χ1v) is 6.35. The minimum absolute atomic E-state index is 0.179. The molecule has 0 aliphatic rings. The van der Waals surface area contributed by atoms with Gasteiger partial charge in [0.2, 0.25) is 0 Å². The molecular formula is C15H19N3. The SMILES string of the molecule is CCNC(Cc1ccccc1)c1ncc(C)cn1. The summed E-state index contributed by atoms with van der Waals surface area (Å²) in [4.78, 5) is 8.84. The third kappa shape index (κ3) is 3.37. The van der Waals surface area contributed by atoms with Gasteiger partial charge in [0.15, 0.2) is 0 Å². The molecule has 0 aliphatic carbocycles. The number of likely N-dealkylation sites (N-methyl/N-ethyl adjacent to an activating group) is 1. The van der Waals surface area contributed by atoms with Gasteiger partial charge >= 0.3 is 0 Å². The molecule has 1 atom stereocenters. The topological polar surface area (TPSA) is 37.8 Å². The molecule has 1 N–H and O–H groups in total. The summed E-state index contributed by atoms with van der Waals surface area (Å²) in [7, 11) is 0. The zero-order valence-electron chi connectivity index (χ0n) is 10.9. The Morgan fingerprint density at radius 1 is 1.11 bits per heavy atom. The third-order valence-corrected chi connectivity index (χ3v) is 2.85. The van der Waals surface area contributed by atoms with Crippen LogP contribution >= 0.6 is 0 Å². The van der Waals surface area contributed by atoms with Crippen molar-refractivity contribution >= 4 is 0 Å². The number of nitrogens with zero attached hydrogens (tertiary/aromatic N) is 2. The van der Waals surface area contributed by atoms with Gasteiger partial charge < -0.3 is 5.32 Å². The summed E-state index contributed by atoms with van der Waals surface area (Å²) in [6.45, 7) is 5.02. The van der Waals surface area contributed by atoms with Crippen LogP contribution in [0.25, 0.3) is 0 Å². The number of aromatic nitrogens is 2. The first-order valence-electron chi connectivity index (χ1n) is 6.35. The Hall–Kier alpha value is -1.74. The lowest BCUT2D eigenvalue weighted by Gasteiger charge is -2.16. The summed E-state index contributed by atoms with van der Waals surface area (Å²) in [5.41, 5.74) is 2.39. The normalized spacial score (nSPS) is 12.3. The van der Waals surface area contributed by atoms with Crippen molar-refractivity contribution in [2.45, 2.75) is 26.3 Å². The minimum atomic E-state index is 0.179. The maximum Gasteiger partial charge on any atom is 0.145 e. The van der Waals surface area contributed by atoms with E-state index in [1.54, 1.807) is 0 Å². The van der Waals surface area contributed by atoms with E-state index >= 15 is 0 Å². The predicted molar refractivity (Wildman–Crippen MR) is 73.3 cm³/mol. The molecular weight excluding hydrogens is 222 g/mol. The smallest absolute Gasteiger partial charge is 0.145 e. The van der Waals surface area contributed by atoms with Gasteiger partial charge in [0, 0.05) is 12.4 Å². The highest BCUT2D eigenvalue weighted by Gasteiger charge is 2.13. The molecule has 0 saturated carbocycles. The molecule has 0 amide bonds. The van der Waals surface area contributed by atoms with Gasteiger partial charge in [0.1, 0.15) is 5.82 Å². The van der Waals surface area contributed by atoms with Crippen molar-refractivity contribution in [3.05, 3.63) is 59.7 Å². The summed E-state index contributed by atoms with van der Waals surface area (Å²) in [5.74, 6) is 0.867. The van der Waals surface area contributed by atoms with Crippen LogP contribution in [0.15, 0.2) is 42.7 Å². The van der Waals surface area contributed by atoms with Gasteiger partial charge in [-0.25, -0.2) is 9.97 Å². The zero-order chi connectivity index (χ0) is 12.8. The maximum absolute atomic E-state index is 4.42. The lowest BCUT2D eigenvalue weighted by molar-refractivity contribution is 0.521. The highest BCUT2D eigenvalue weighted by Crippen LogP contribution is 2.14. The first kappa shape index (κ1) is 12.7. The standard InChI is InChI=1S/C15H19N3/c1-3-16-14(9-13-7-5-4-6-8-13)15-17-10-12(2)11-18-15/h4-8,10-11,14,16H,3,9H2,1-2H3. The van der Waals surface area contributed by atoms with Gasteiger partial charge in [-0.3, -0.25) is 0 Å². The average molecular weight is 241 g/mol. The molecule has 94 valence electrons. The number of nitrogens with one attached hydrogen (secondary N) is 1. The van der Waals surface area contributed by atoms with Crippen molar-refractivity contribution in [2.75, 3.05) is 6.54 Å². The van der Waals surface area contributed by atoms with E-state index in [2.05, 4.69) is 46.5 Å². The van der Waals surface area contributed by atoms with Gasteiger partial charge in [0.25, 0.3) is 0 Å². The van der Waals surface area contributed by atoms with Gasteiger partial charge in [-0.05, 0) is 31.0 Å². The monoisotopic (exact) mass is 241 g/mol. The number of hydrogen-bond acceptors (Lipinski definition) is 3. The fourth-order valence-corrected chi connectivity index (χ4v) is 1.93. The second kappa shape index (κ2) is 6.26. The van der Waals surface area contributed by atoms with E-state index < -0.39 is 0 Å². The summed E-state index contributed by atoms with van der Waals surface area (Å²) < 4.78 is 0. The van der Waals surface area contributed by atoms with Crippen LogP contribution in [0.4, 0.5) is 0 Å². The van der Waals surface area contributed by atoms with Gasteiger partial charge in [0.05, 0.1) is 6.04 Å². The van der Waals surface area contributed by atoms with Crippen LogP contribution in [0.2, 0.25) is 0 Å². The van der Waals surface area contributed by atoms with Crippen LogP contribution < -0.4 is 5.32 Å². The molecule has 1 aromatic heterocycles. The Labute approximate surface area is 108 Å². The highest BCUT2D eigenvalue weighted by molar-refractivity contribution is 5.17. The number of aryl methyl sites for hydroxylation is 1. The molecule has 0 fully saturated rings. The molecule has 3 nitrogen and oxygen atoms in total. The Morgan fingerprint density at radius 2 is 1.78 bits per heavy atom. The van der Waals surface area contributed by atoms with Crippen molar-refractivity contribution < 1.29 is 0 Å². The van der Waals surface area contributed by atoms with Gasteiger partial charge in [-0.2, -0.15) is 0 Å². The molecule has 1 aromatic carbocycles. The average Bonchev–Trinajstić information content (AvgIpc) is 2.40. The van der Waals surface area contributed by atoms with Crippen LogP contribution in [-0.4, -0.2) is 16.5 Å². The predicted octanol–water partition coefficient (Wildman–Crippen LogP) is 2.68. The molecule has 0 radical (unpaired) electrons. The number of hydrogen-bond donors (Lipinski definition) is 1. The lowest BCUT2D eigenvalue weighted by atomic mass is 10.1. The fourth-order valence-electron chi connectivity index (χ4n) is 1.93. The van der Waals surface area contributed by atoms with Crippen molar-refractivity contribution in [1.29, 1.82) is 0 Å². The molecule has 3 heteroatoms. The second-order valence-corrected chi connectivity index (χ2v) is 4.42. The van der Waals surface area contributed by atoms with E-state index in [-0.39, 0.29) is 6.04 Å². The van der Waals surface area contributed by atoms with Crippen molar-refractivity contribution in [3.8, 4) is 0 Å². The van der Waals surface area contributed by atoms with Crippen LogP contribution in [0.5, 0.6) is 0 Å². The highest BCUT2D eigenvalue weighted by atomic mass is 15.0. The van der Waals surface area contributed by atoms with Crippen molar-refractivity contribution in [3.63, 3.8) is 0 Å². The Kier molecular flexibility index (Phi) is 4.42. The summed E-state index contributed by atoms with van der Waals surface area (Å²) in [6.07, 6.45) is 4.66. The van der Waals surface area contributed by atoms with E-state index in [9.17, 15) is 0 Å². The molecule has 1 heterocycles. The van der Waals surface area contributed by atoms with Gasteiger partial charge in [-0.15, -0.1) is 0 Å². The van der Waals surface area contributed by atoms with Crippen molar-refractivity contribution in [2.24, 2.45) is 0 Å². The summed E-state index contributed by atoms with van der Waals surface area (Å²) in [6, 6.07) is 10.6.